The highest BCUT2D eigenvalue weighted by atomic mass is 35.5. The van der Waals surface area contributed by atoms with E-state index >= 15 is 0 Å². The highest BCUT2D eigenvalue weighted by molar-refractivity contribution is 5.85. The smallest absolute Gasteiger partial charge is 0.342 e. The van der Waals surface area contributed by atoms with Crippen molar-refractivity contribution >= 4 is 18.2 Å². The first-order chi connectivity index (χ1) is 6.66. The maximum absolute atomic E-state index is 11.3. The molecule has 1 aromatic rings. The van der Waals surface area contributed by atoms with Crippen LogP contribution in [-0.4, -0.2) is 34.3 Å². The molecule has 0 amide bonds. The molecule has 1 atom stereocenters. The van der Waals surface area contributed by atoms with Crippen molar-refractivity contribution in [1.82, 2.24) is 15.2 Å². The lowest BCUT2D eigenvalue weighted by Crippen LogP contribution is -2.34. The Labute approximate surface area is 91.1 Å². The van der Waals surface area contributed by atoms with Crippen molar-refractivity contribution < 1.29 is 0 Å². The molecule has 1 aliphatic rings. The maximum atomic E-state index is 11.3. The Kier molecular flexibility index (Phi) is 3.48. The lowest BCUT2D eigenvalue weighted by molar-refractivity contribution is 0.748. The zero-order valence-corrected chi connectivity index (χ0v) is 8.71. The molecule has 8 heteroatoms. The number of anilines is 1. The zero-order valence-electron chi connectivity index (χ0n) is 7.90. The number of aromatic nitrogens is 3. The topological polar surface area (TPSA) is 108 Å². The van der Waals surface area contributed by atoms with Gasteiger partial charge in [-0.05, 0) is 6.42 Å². The van der Waals surface area contributed by atoms with Gasteiger partial charge in [-0.2, -0.15) is 0 Å². The second kappa shape index (κ2) is 4.45. The lowest BCUT2D eigenvalue weighted by atomic mass is 10.3. The second-order valence-corrected chi connectivity index (χ2v) is 3.33. The van der Waals surface area contributed by atoms with Crippen LogP contribution < -0.4 is 21.9 Å². The fraction of sp³-hybridized carbons (Fsp3) is 0.571. The van der Waals surface area contributed by atoms with Gasteiger partial charge in [0.15, 0.2) is 0 Å². The van der Waals surface area contributed by atoms with Gasteiger partial charge < -0.3 is 10.6 Å². The average molecular weight is 234 g/mol. The van der Waals surface area contributed by atoms with E-state index in [0.717, 1.165) is 6.42 Å². The van der Waals surface area contributed by atoms with Gasteiger partial charge in [-0.15, -0.1) is 17.5 Å². The fourth-order valence-electron chi connectivity index (χ4n) is 1.54. The van der Waals surface area contributed by atoms with Crippen molar-refractivity contribution in [3.8, 4) is 0 Å². The average Bonchev–Trinajstić information content (AvgIpc) is 2.51. The monoisotopic (exact) mass is 233 g/mol. The van der Waals surface area contributed by atoms with Crippen LogP contribution in [0.5, 0.6) is 0 Å². The van der Waals surface area contributed by atoms with Gasteiger partial charge in [0.2, 0.25) is 5.82 Å². The molecule has 0 aromatic carbocycles. The highest BCUT2D eigenvalue weighted by Crippen LogP contribution is 2.11. The van der Waals surface area contributed by atoms with Crippen molar-refractivity contribution in [3.63, 3.8) is 0 Å². The van der Waals surface area contributed by atoms with Gasteiger partial charge >= 0.3 is 5.69 Å². The molecule has 15 heavy (non-hydrogen) atoms. The third-order valence-corrected chi connectivity index (χ3v) is 2.22. The largest absolute Gasteiger partial charge is 0.349 e. The molecule has 1 aliphatic heterocycles. The molecule has 1 fully saturated rings. The van der Waals surface area contributed by atoms with Crippen molar-refractivity contribution in [2.45, 2.75) is 12.5 Å². The van der Waals surface area contributed by atoms with Crippen molar-refractivity contribution in [3.05, 3.63) is 20.8 Å². The number of hydrogen-bond acceptors (Lipinski definition) is 5. The van der Waals surface area contributed by atoms with Crippen LogP contribution in [0.1, 0.15) is 6.42 Å². The summed E-state index contributed by atoms with van der Waals surface area (Å²) in [7, 11) is 0. The van der Waals surface area contributed by atoms with E-state index in [4.69, 9.17) is 5.73 Å². The van der Waals surface area contributed by atoms with Crippen LogP contribution >= 0.6 is 12.4 Å². The zero-order chi connectivity index (χ0) is 10.1. The quantitative estimate of drug-likeness (QED) is 0.543. The number of halogens is 1. The summed E-state index contributed by atoms with van der Waals surface area (Å²) in [4.78, 5) is 25.9. The van der Waals surface area contributed by atoms with Gasteiger partial charge in [-0.25, -0.2) is 9.89 Å². The van der Waals surface area contributed by atoms with E-state index in [1.807, 2.05) is 0 Å². The molecule has 0 aliphatic carbocycles. The molecule has 7 nitrogen and oxygen atoms in total. The summed E-state index contributed by atoms with van der Waals surface area (Å²) in [5.74, 6) is 0.234. The number of H-pyrrole nitrogens is 2. The summed E-state index contributed by atoms with van der Waals surface area (Å²) in [5, 5.41) is 5.87. The van der Waals surface area contributed by atoms with E-state index in [9.17, 15) is 9.59 Å². The van der Waals surface area contributed by atoms with Crippen LogP contribution in [0, 0.1) is 0 Å². The maximum Gasteiger partial charge on any atom is 0.342 e. The van der Waals surface area contributed by atoms with E-state index in [1.165, 1.54) is 0 Å². The van der Waals surface area contributed by atoms with Gasteiger partial charge in [0.1, 0.15) is 0 Å². The predicted molar refractivity (Wildman–Crippen MR) is 57.5 cm³/mol. The van der Waals surface area contributed by atoms with Gasteiger partial charge in [-0.1, -0.05) is 0 Å². The Morgan fingerprint density at radius 2 is 2.20 bits per heavy atom. The van der Waals surface area contributed by atoms with E-state index in [0.29, 0.717) is 13.1 Å². The summed E-state index contributed by atoms with van der Waals surface area (Å²) in [6.45, 7) is 1.30. The first-order valence-electron chi connectivity index (χ1n) is 4.36. The predicted octanol–water partition coefficient (Wildman–Crippen LogP) is -1.58. The van der Waals surface area contributed by atoms with Crippen LogP contribution in [-0.2, 0) is 0 Å². The van der Waals surface area contributed by atoms with Crippen LogP contribution in [0.15, 0.2) is 9.59 Å². The molecule has 0 bridgehead atoms. The Balaban J connectivity index is 0.00000112. The van der Waals surface area contributed by atoms with E-state index in [2.05, 4.69) is 15.2 Å². The number of hydrogen-bond donors (Lipinski definition) is 3. The third kappa shape index (κ3) is 2.37. The van der Waals surface area contributed by atoms with Gasteiger partial charge in [0.25, 0.3) is 5.56 Å². The minimum absolute atomic E-state index is 0. The second-order valence-electron chi connectivity index (χ2n) is 3.33. The minimum atomic E-state index is -0.595. The molecule has 1 unspecified atom stereocenters. The Morgan fingerprint density at radius 3 is 2.73 bits per heavy atom. The number of nitrogens with zero attached hydrogens (tertiary/aromatic N) is 2. The molecule has 2 heterocycles. The fourth-order valence-corrected chi connectivity index (χ4v) is 1.54. The first kappa shape index (κ1) is 11.7. The van der Waals surface area contributed by atoms with E-state index < -0.39 is 11.2 Å². The van der Waals surface area contributed by atoms with Gasteiger partial charge in [-0.3, -0.25) is 9.78 Å². The number of rotatable bonds is 1. The number of nitrogens with two attached hydrogens (primary N) is 1. The lowest BCUT2D eigenvalue weighted by Gasteiger charge is -2.13. The molecular formula is C7H12ClN5O2. The molecule has 0 spiro atoms. The summed E-state index contributed by atoms with van der Waals surface area (Å²) in [5.41, 5.74) is 4.62. The molecule has 84 valence electrons. The SMILES string of the molecule is Cl.NC1CCN(c2n[nH]c(=O)[nH]c2=O)C1. The molecule has 0 radical (unpaired) electrons. The van der Waals surface area contributed by atoms with Crippen molar-refractivity contribution in [2.75, 3.05) is 18.0 Å². The molecule has 0 saturated carbocycles. The Hall–Kier alpha value is -1.34. The van der Waals surface area contributed by atoms with Crippen LogP contribution in [0.25, 0.3) is 0 Å². The van der Waals surface area contributed by atoms with Crippen LogP contribution in [0.3, 0.4) is 0 Å². The summed E-state index contributed by atoms with van der Waals surface area (Å²) in [6, 6.07) is 0.0723. The standard InChI is InChI=1S/C7H11N5O2.ClH/c8-4-1-2-12(3-4)5-6(13)9-7(14)11-10-5;/h4H,1-3,8H2,(H2,9,11,13,14);1H. The normalized spacial score (nSPS) is 20.1. The van der Waals surface area contributed by atoms with E-state index in [-0.39, 0.29) is 24.3 Å². The number of aromatic amines is 2. The summed E-state index contributed by atoms with van der Waals surface area (Å²) < 4.78 is 0. The van der Waals surface area contributed by atoms with Gasteiger partial charge in [0.05, 0.1) is 0 Å². The number of nitrogens with one attached hydrogen (secondary N) is 2. The highest BCUT2D eigenvalue weighted by Gasteiger charge is 2.22. The van der Waals surface area contributed by atoms with E-state index in [1.54, 1.807) is 4.90 Å². The molecule has 1 saturated heterocycles. The van der Waals surface area contributed by atoms with Crippen LogP contribution in [0.2, 0.25) is 0 Å². The molecular weight excluding hydrogens is 222 g/mol. The van der Waals surface area contributed by atoms with Gasteiger partial charge in [0, 0.05) is 19.1 Å². The van der Waals surface area contributed by atoms with Crippen LogP contribution in [0.4, 0.5) is 5.82 Å². The Morgan fingerprint density at radius 1 is 1.47 bits per heavy atom. The molecule has 2 rings (SSSR count). The summed E-state index contributed by atoms with van der Waals surface area (Å²) in [6.07, 6.45) is 0.834. The Bertz CT molecular complexity index is 441. The molecule has 4 N–H and O–H groups in total. The summed E-state index contributed by atoms with van der Waals surface area (Å²) >= 11 is 0. The molecule has 1 aromatic heterocycles. The van der Waals surface area contributed by atoms with Crippen molar-refractivity contribution in [1.29, 1.82) is 0 Å². The van der Waals surface area contributed by atoms with Crippen molar-refractivity contribution in [2.24, 2.45) is 5.73 Å². The third-order valence-electron chi connectivity index (χ3n) is 2.22. The first-order valence-corrected chi connectivity index (χ1v) is 4.36. The minimum Gasteiger partial charge on any atom is -0.349 e.